The van der Waals surface area contributed by atoms with Gasteiger partial charge in [0.2, 0.25) is 0 Å². The summed E-state index contributed by atoms with van der Waals surface area (Å²) in [5.74, 6) is 0.117. The van der Waals surface area contributed by atoms with Gasteiger partial charge in [0.1, 0.15) is 17.5 Å². The Bertz CT molecular complexity index is 1750. The Morgan fingerprint density at radius 2 is 1.55 bits per heavy atom. The molecule has 0 saturated carbocycles. The maximum atomic E-state index is 13.4. The molecular weight excluding hydrogens is 572 g/mol. The number of carboxylic acid groups (broad SMARTS) is 1. The van der Waals surface area contributed by atoms with Crippen molar-refractivity contribution in [2.45, 2.75) is 32.2 Å². The molecule has 0 aliphatic heterocycles. The van der Waals surface area contributed by atoms with Crippen LogP contribution in [0.5, 0.6) is 11.5 Å². The minimum absolute atomic E-state index is 0.100. The van der Waals surface area contributed by atoms with E-state index in [1.54, 1.807) is 12.1 Å². The monoisotopic (exact) mass is 604 g/mol. The second-order valence-corrected chi connectivity index (χ2v) is 11.2. The molecule has 6 nitrogen and oxygen atoms in total. The molecule has 3 N–H and O–H groups in total. The third kappa shape index (κ3) is 7.65. The van der Waals surface area contributed by atoms with Gasteiger partial charge in [0.15, 0.2) is 0 Å². The maximum Gasteiger partial charge on any atom is 0.326 e. The van der Waals surface area contributed by atoms with Crippen molar-refractivity contribution in [2.24, 2.45) is 0 Å². The molecule has 222 valence electrons. The number of aliphatic carboxylic acids is 1. The first-order valence-electron chi connectivity index (χ1n) is 14.4. The number of para-hydroxylation sites is 2. The van der Waals surface area contributed by atoms with E-state index in [-0.39, 0.29) is 12.0 Å². The summed E-state index contributed by atoms with van der Waals surface area (Å²) in [4.78, 5) is 25.7. The SMILES string of the molecule is CC(C)c1cccc(Nc2ccc(Cl)cc2C(=O)N[C@@H](Cc2ccc(-c3ccccc3Oc3ccccc3)cc2)C(=O)O)c1. The van der Waals surface area contributed by atoms with E-state index in [9.17, 15) is 14.7 Å². The molecule has 0 fully saturated rings. The number of hydrogen-bond acceptors (Lipinski definition) is 4. The number of carbonyl (C=O) groups excluding carboxylic acids is 1. The Kier molecular flexibility index (Phi) is 9.62. The van der Waals surface area contributed by atoms with Crippen molar-refractivity contribution in [1.29, 1.82) is 0 Å². The van der Waals surface area contributed by atoms with Crippen LogP contribution in [0.2, 0.25) is 5.02 Å². The Balaban J connectivity index is 1.31. The Morgan fingerprint density at radius 1 is 0.818 bits per heavy atom. The molecule has 5 aromatic carbocycles. The van der Waals surface area contributed by atoms with Crippen LogP contribution < -0.4 is 15.4 Å². The summed E-state index contributed by atoms with van der Waals surface area (Å²) in [7, 11) is 0. The van der Waals surface area contributed by atoms with Gasteiger partial charge in [-0.1, -0.05) is 98.2 Å². The van der Waals surface area contributed by atoms with Gasteiger partial charge >= 0.3 is 5.97 Å². The number of halogens is 1. The third-order valence-electron chi connectivity index (χ3n) is 7.22. The van der Waals surface area contributed by atoms with E-state index in [2.05, 4.69) is 24.5 Å². The Labute approximate surface area is 262 Å². The van der Waals surface area contributed by atoms with Gasteiger partial charge in [-0.3, -0.25) is 4.79 Å². The van der Waals surface area contributed by atoms with Crippen LogP contribution in [0.15, 0.2) is 121 Å². The first kappa shape index (κ1) is 30.4. The minimum Gasteiger partial charge on any atom is -0.480 e. The van der Waals surface area contributed by atoms with Crippen LogP contribution in [0, 0.1) is 0 Å². The summed E-state index contributed by atoms with van der Waals surface area (Å²) >= 11 is 6.25. The summed E-state index contributed by atoms with van der Waals surface area (Å²) in [6, 6.07) is 36.6. The standard InChI is InChI=1S/C37H33ClN2O4/c1-24(2)27-9-8-10-29(22-27)39-33-20-19-28(38)23-32(33)36(41)40-34(37(42)43)21-25-15-17-26(18-16-25)31-13-6-7-14-35(31)44-30-11-4-3-5-12-30/h3-20,22-24,34,39H,21H2,1-2H3,(H,40,41)(H,42,43)/t34-/m0/s1. The van der Waals surface area contributed by atoms with E-state index in [4.69, 9.17) is 16.3 Å². The fourth-order valence-corrected chi connectivity index (χ4v) is 5.02. The lowest BCUT2D eigenvalue weighted by Gasteiger charge is -2.18. The predicted octanol–water partition coefficient (Wildman–Crippen LogP) is 9.09. The zero-order valence-electron chi connectivity index (χ0n) is 24.5. The summed E-state index contributed by atoms with van der Waals surface area (Å²) in [5, 5.41) is 16.4. The van der Waals surface area contributed by atoms with Gasteiger partial charge in [-0.15, -0.1) is 0 Å². The molecule has 0 heterocycles. The first-order chi connectivity index (χ1) is 21.3. The summed E-state index contributed by atoms with van der Waals surface area (Å²) in [6.45, 7) is 4.22. The number of anilines is 2. The van der Waals surface area contributed by atoms with Crippen molar-refractivity contribution in [3.05, 3.63) is 143 Å². The van der Waals surface area contributed by atoms with Crippen molar-refractivity contribution in [3.63, 3.8) is 0 Å². The number of nitrogens with one attached hydrogen (secondary N) is 2. The van der Waals surface area contributed by atoms with Crippen molar-refractivity contribution < 1.29 is 19.4 Å². The van der Waals surface area contributed by atoms with E-state index in [1.165, 1.54) is 6.07 Å². The lowest BCUT2D eigenvalue weighted by Crippen LogP contribution is -2.42. The molecule has 7 heteroatoms. The molecule has 0 saturated heterocycles. The molecule has 1 atom stereocenters. The Hall–Kier alpha value is -5.07. The van der Waals surface area contributed by atoms with Gasteiger partial charge in [-0.05, 0) is 71.1 Å². The average molecular weight is 605 g/mol. The number of amides is 1. The van der Waals surface area contributed by atoms with E-state index < -0.39 is 17.9 Å². The summed E-state index contributed by atoms with van der Waals surface area (Å²) in [6.07, 6.45) is 0.100. The smallest absolute Gasteiger partial charge is 0.326 e. The topological polar surface area (TPSA) is 87.7 Å². The van der Waals surface area contributed by atoms with Crippen molar-refractivity contribution in [1.82, 2.24) is 5.32 Å². The zero-order valence-corrected chi connectivity index (χ0v) is 25.2. The number of hydrogen-bond donors (Lipinski definition) is 3. The van der Waals surface area contributed by atoms with Crippen LogP contribution in [0.3, 0.4) is 0 Å². The van der Waals surface area contributed by atoms with E-state index >= 15 is 0 Å². The molecule has 5 rings (SSSR count). The van der Waals surface area contributed by atoms with E-state index in [1.807, 2.05) is 103 Å². The van der Waals surface area contributed by atoms with Crippen LogP contribution in [-0.2, 0) is 11.2 Å². The van der Waals surface area contributed by atoms with Crippen LogP contribution in [-0.4, -0.2) is 23.0 Å². The van der Waals surface area contributed by atoms with Crippen LogP contribution in [0.25, 0.3) is 11.1 Å². The number of carbonyl (C=O) groups is 2. The third-order valence-corrected chi connectivity index (χ3v) is 7.46. The van der Waals surface area contributed by atoms with Gasteiger partial charge in [0, 0.05) is 22.7 Å². The quantitative estimate of drug-likeness (QED) is 0.140. The Morgan fingerprint density at radius 3 is 2.27 bits per heavy atom. The van der Waals surface area contributed by atoms with E-state index in [0.29, 0.717) is 22.4 Å². The first-order valence-corrected chi connectivity index (χ1v) is 14.8. The molecule has 44 heavy (non-hydrogen) atoms. The molecular formula is C37H33ClN2O4. The van der Waals surface area contributed by atoms with Gasteiger partial charge in [-0.25, -0.2) is 4.79 Å². The number of benzene rings is 5. The predicted molar refractivity (Wildman–Crippen MR) is 176 cm³/mol. The summed E-state index contributed by atoms with van der Waals surface area (Å²) in [5.41, 5.74) is 5.34. The van der Waals surface area contributed by atoms with Gasteiger partial charge < -0.3 is 20.5 Å². The minimum atomic E-state index is -1.15. The molecule has 1 amide bonds. The molecule has 0 aliphatic carbocycles. The number of rotatable bonds is 11. The van der Waals surface area contributed by atoms with Crippen molar-refractivity contribution in [3.8, 4) is 22.6 Å². The fourth-order valence-electron chi connectivity index (χ4n) is 4.85. The number of ether oxygens (including phenoxy) is 1. The second-order valence-electron chi connectivity index (χ2n) is 10.8. The summed E-state index contributed by atoms with van der Waals surface area (Å²) < 4.78 is 6.11. The highest BCUT2D eigenvalue weighted by Gasteiger charge is 2.23. The molecule has 0 aliphatic rings. The maximum absolute atomic E-state index is 13.4. The van der Waals surface area contributed by atoms with Gasteiger partial charge in [0.25, 0.3) is 5.91 Å². The van der Waals surface area contributed by atoms with Gasteiger partial charge in [-0.2, -0.15) is 0 Å². The molecule has 0 unspecified atom stereocenters. The van der Waals surface area contributed by atoms with Gasteiger partial charge in [0.05, 0.1) is 11.3 Å². The molecule has 0 aromatic heterocycles. The lowest BCUT2D eigenvalue weighted by atomic mass is 9.99. The fraction of sp³-hybridized carbons (Fsp3) is 0.135. The van der Waals surface area contributed by atoms with Crippen LogP contribution >= 0.6 is 11.6 Å². The number of carboxylic acids is 1. The van der Waals surface area contributed by atoms with Crippen LogP contribution in [0.4, 0.5) is 11.4 Å². The van der Waals surface area contributed by atoms with E-state index in [0.717, 1.165) is 33.7 Å². The van der Waals surface area contributed by atoms with Crippen molar-refractivity contribution in [2.75, 3.05) is 5.32 Å². The highest BCUT2D eigenvalue weighted by molar-refractivity contribution is 6.31. The molecule has 5 aromatic rings. The normalized spacial score (nSPS) is 11.5. The highest BCUT2D eigenvalue weighted by atomic mass is 35.5. The van der Waals surface area contributed by atoms with Crippen LogP contribution in [0.1, 0.15) is 41.3 Å². The zero-order chi connectivity index (χ0) is 31.1. The second kappa shape index (κ2) is 13.9. The van der Waals surface area contributed by atoms with Crippen molar-refractivity contribution >= 4 is 34.9 Å². The highest BCUT2D eigenvalue weighted by Crippen LogP contribution is 2.33. The molecule has 0 bridgehead atoms. The lowest BCUT2D eigenvalue weighted by molar-refractivity contribution is -0.139. The molecule has 0 spiro atoms. The largest absolute Gasteiger partial charge is 0.480 e. The molecule has 0 radical (unpaired) electrons. The average Bonchev–Trinajstić information content (AvgIpc) is 3.03.